The monoisotopic (exact) mass is 337 g/mol. The van der Waals surface area contributed by atoms with Crippen molar-refractivity contribution in [1.82, 2.24) is 15.2 Å². The number of hydrogen-bond acceptors (Lipinski definition) is 3. The molecule has 6 heteroatoms. The van der Waals surface area contributed by atoms with Crippen molar-refractivity contribution in [2.45, 2.75) is 32.2 Å². The molecule has 2 heterocycles. The van der Waals surface area contributed by atoms with Gasteiger partial charge in [-0.3, -0.25) is 14.5 Å². The molecule has 1 aliphatic carbocycles. The summed E-state index contributed by atoms with van der Waals surface area (Å²) in [4.78, 5) is 42.2. The van der Waals surface area contributed by atoms with Crippen molar-refractivity contribution < 1.29 is 14.4 Å². The zero-order valence-electron chi connectivity index (χ0n) is 14.2. The number of ketones is 1. The van der Waals surface area contributed by atoms with Crippen LogP contribution in [0.15, 0.2) is 30.3 Å². The first-order valence-corrected chi connectivity index (χ1v) is 8.34. The van der Waals surface area contributed by atoms with E-state index in [0.29, 0.717) is 12.0 Å². The minimum Gasteiger partial charge on any atom is -0.362 e. The molecule has 1 unspecified atom stereocenters. The van der Waals surface area contributed by atoms with Crippen LogP contribution in [-0.4, -0.2) is 34.2 Å². The maximum Gasteiger partial charge on any atom is 0.325 e. The Kier molecular flexibility index (Phi) is 3.32. The molecule has 3 amide bonds. The summed E-state index contributed by atoms with van der Waals surface area (Å²) in [7, 11) is 0. The summed E-state index contributed by atoms with van der Waals surface area (Å²) in [5, 5.41) is 2.84. The van der Waals surface area contributed by atoms with Gasteiger partial charge in [0.1, 0.15) is 5.54 Å². The predicted octanol–water partition coefficient (Wildman–Crippen LogP) is 2.21. The zero-order chi connectivity index (χ0) is 17.8. The van der Waals surface area contributed by atoms with Gasteiger partial charge in [-0.05, 0) is 43.9 Å². The molecule has 4 rings (SSSR count). The Morgan fingerprint density at radius 1 is 1.24 bits per heavy atom. The summed E-state index contributed by atoms with van der Waals surface area (Å²) in [5.41, 5.74) is 3.04. The number of aryl methyl sites for hydroxylation is 3. The van der Waals surface area contributed by atoms with E-state index in [-0.39, 0.29) is 18.2 Å². The number of nitrogens with zero attached hydrogens (tertiary/aromatic N) is 1. The number of H-pyrrole nitrogens is 1. The average molecular weight is 337 g/mol. The maximum atomic E-state index is 13.0. The van der Waals surface area contributed by atoms with Crippen LogP contribution in [0.2, 0.25) is 0 Å². The van der Waals surface area contributed by atoms with Crippen LogP contribution in [-0.2, 0) is 16.8 Å². The molecular weight excluding hydrogens is 318 g/mol. The lowest BCUT2D eigenvalue weighted by molar-refractivity contribution is -0.131. The summed E-state index contributed by atoms with van der Waals surface area (Å²) < 4.78 is 0. The molecule has 2 N–H and O–H groups in total. The quantitative estimate of drug-likeness (QED) is 0.665. The van der Waals surface area contributed by atoms with Crippen LogP contribution in [0.5, 0.6) is 0 Å². The highest BCUT2D eigenvalue weighted by molar-refractivity contribution is 6.12. The third kappa shape index (κ3) is 2.21. The Morgan fingerprint density at radius 2 is 2.00 bits per heavy atom. The number of nitrogens with one attached hydrogen (secondary N) is 2. The lowest BCUT2D eigenvalue weighted by atomic mass is 9.92. The van der Waals surface area contributed by atoms with Gasteiger partial charge in [0, 0.05) is 17.0 Å². The first-order valence-electron chi connectivity index (χ1n) is 8.34. The second-order valence-corrected chi connectivity index (χ2v) is 6.80. The van der Waals surface area contributed by atoms with Gasteiger partial charge in [-0.15, -0.1) is 0 Å². The van der Waals surface area contributed by atoms with Crippen LogP contribution < -0.4 is 5.32 Å². The fraction of sp³-hybridized carbons (Fsp3) is 0.316. The Labute approximate surface area is 145 Å². The van der Waals surface area contributed by atoms with Crippen LogP contribution in [0, 0.1) is 13.8 Å². The van der Waals surface area contributed by atoms with Crippen LogP contribution in [0.1, 0.15) is 39.3 Å². The predicted molar refractivity (Wildman–Crippen MR) is 91.3 cm³/mol. The first-order chi connectivity index (χ1) is 11.9. The van der Waals surface area contributed by atoms with Crippen molar-refractivity contribution in [2.24, 2.45) is 0 Å². The first kappa shape index (κ1) is 15.6. The number of fused-ring (bicyclic) bond motifs is 2. The van der Waals surface area contributed by atoms with Gasteiger partial charge in [0.2, 0.25) is 0 Å². The number of carbonyl (C=O) groups excluding carboxylic acids is 3. The second-order valence-electron chi connectivity index (χ2n) is 6.80. The van der Waals surface area contributed by atoms with Crippen molar-refractivity contribution in [3.05, 3.63) is 58.4 Å². The smallest absolute Gasteiger partial charge is 0.325 e. The van der Waals surface area contributed by atoms with Crippen molar-refractivity contribution in [3.63, 3.8) is 0 Å². The topological polar surface area (TPSA) is 82.3 Å². The number of amides is 3. The molecule has 0 radical (unpaired) electrons. The molecule has 1 fully saturated rings. The lowest BCUT2D eigenvalue weighted by Gasteiger charge is -2.22. The van der Waals surface area contributed by atoms with Crippen LogP contribution in [0.4, 0.5) is 4.79 Å². The molecule has 0 bridgehead atoms. The van der Waals surface area contributed by atoms with E-state index >= 15 is 0 Å². The molecule has 0 saturated carbocycles. The summed E-state index contributed by atoms with van der Waals surface area (Å²) in [6.45, 7) is 3.43. The normalized spacial score (nSPS) is 21.8. The number of rotatable bonds is 3. The van der Waals surface area contributed by atoms with Gasteiger partial charge in [-0.2, -0.15) is 0 Å². The van der Waals surface area contributed by atoms with Crippen LogP contribution in [0.25, 0.3) is 0 Å². The molecule has 1 atom stereocenters. The van der Waals surface area contributed by atoms with Crippen molar-refractivity contribution >= 4 is 17.7 Å². The van der Waals surface area contributed by atoms with E-state index in [1.807, 2.05) is 31.2 Å². The Balaban J connectivity index is 1.63. The van der Waals surface area contributed by atoms with E-state index in [1.54, 1.807) is 13.0 Å². The molecule has 1 spiro atoms. The van der Waals surface area contributed by atoms with Crippen LogP contribution >= 0.6 is 0 Å². The van der Waals surface area contributed by atoms with Gasteiger partial charge in [-0.1, -0.05) is 24.3 Å². The molecular formula is C19H19N3O3. The van der Waals surface area contributed by atoms with Crippen molar-refractivity contribution in [1.29, 1.82) is 0 Å². The summed E-state index contributed by atoms with van der Waals surface area (Å²) in [6, 6.07) is 8.90. The Morgan fingerprint density at radius 3 is 2.72 bits per heavy atom. The number of hydrogen-bond donors (Lipinski definition) is 2. The third-order valence-electron chi connectivity index (χ3n) is 5.17. The molecule has 6 nitrogen and oxygen atoms in total. The molecule has 25 heavy (non-hydrogen) atoms. The fourth-order valence-corrected chi connectivity index (χ4v) is 3.98. The number of imide groups is 1. The molecule has 1 aromatic carbocycles. The van der Waals surface area contributed by atoms with E-state index in [1.165, 1.54) is 0 Å². The number of benzene rings is 1. The zero-order valence-corrected chi connectivity index (χ0v) is 14.2. The number of aromatic nitrogens is 1. The maximum absolute atomic E-state index is 13.0. The van der Waals surface area contributed by atoms with Gasteiger partial charge in [0.05, 0.1) is 6.54 Å². The molecule has 128 valence electrons. The van der Waals surface area contributed by atoms with E-state index in [9.17, 15) is 14.4 Å². The Bertz CT molecular complexity index is 914. The molecule has 1 aromatic heterocycles. The van der Waals surface area contributed by atoms with E-state index in [4.69, 9.17) is 0 Å². The second kappa shape index (κ2) is 5.31. The van der Waals surface area contributed by atoms with E-state index < -0.39 is 11.6 Å². The van der Waals surface area contributed by atoms with E-state index in [0.717, 1.165) is 33.8 Å². The van der Waals surface area contributed by atoms with Crippen molar-refractivity contribution in [2.75, 3.05) is 6.54 Å². The van der Waals surface area contributed by atoms with Gasteiger partial charge < -0.3 is 10.3 Å². The molecule has 1 saturated heterocycles. The number of aromatic amines is 1. The highest BCUT2D eigenvalue weighted by atomic mass is 16.2. The van der Waals surface area contributed by atoms with Gasteiger partial charge in [0.25, 0.3) is 5.91 Å². The van der Waals surface area contributed by atoms with Gasteiger partial charge >= 0.3 is 6.03 Å². The lowest BCUT2D eigenvalue weighted by Crippen LogP contribution is -2.42. The summed E-state index contributed by atoms with van der Waals surface area (Å²) >= 11 is 0. The SMILES string of the molecule is Cc1cc(C(=O)CN2C(=O)NC3(CCc4ccccc43)C2=O)c(C)[nH]1. The largest absolute Gasteiger partial charge is 0.362 e. The minimum atomic E-state index is -1.02. The summed E-state index contributed by atoms with van der Waals surface area (Å²) in [5.74, 6) is -0.575. The fourth-order valence-electron chi connectivity index (χ4n) is 3.98. The average Bonchev–Trinajstić information content (AvgIpc) is 3.19. The molecule has 2 aliphatic rings. The number of Topliss-reactive ketones (excluding diaryl/α,β-unsaturated/α-hetero) is 1. The van der Waals surface area contributed by atoms with E-state index in [2.05, 4.69) is 10.3 Å². The summed E-state index contributed by atoms with van der Waals surface area (Å²) in [6.07, 6.45) is 1.27. The highest BCUT2D eigenvalue weighted by Crippen LogP contribution is 2.41. The van der Waals surface area contributed by atoms with Crippen LogP contribution in [0.3, 0.4) is 0 Å². The van der Waals surface area contributed by atoms with Gasteiger partial charge in [-0.25, -0.2) is 4.79 Å². The van der Waals surface area contributed by atoms with Crippen molar-refractivity contribution in [3.8, 4) is 0 Å². The van der Waals surface area contributed by atoms with Gasteiger partial charge in [0.15, 0.2) is 5.78 Å². The number of urea groups is 1. The highest BCUT2D eigenvalue weighted by Gasteiger charge is 2.55. The Hall–Kier alpha value is -2.89. The molecule has 1 aliphatic heterocycles. The standard InChI is InChI=1S/C19H19N3O3/c1-11-9-14(12(2)20-11)16(23)10-22-17(24)19(21-18(22)25)8-7-13-5-3-4-6-15(13)19/h3-6,9,20H,7-8,10H2,1-2H3,(H,21,25). The molecule has 2 aromatic rings. The third-order valence-corrected chi connectivity index (χ3v) is 5.17. The number of carbonyl (C=O) groups is 3. The minimum absolute atomic E-state index is 0.242.